The topological polar surface area (TPSA) is 67.4 Å². The number of hydrogen-bond acceptors (Lipinski definition) is 4. The van der Waals surface area contributed by atoms with Gasteiger partial charge >= 0.3 is 5.69 Å². The Balaban J connectivity index is 2.15. The molecule has 0 radical (unpaired) electrons. The molecule has 0 spiro atoms. The number of aryl methyl sites for hydroxylation is 2. The second-order valence-electron chi connectivity index (χ2n) is 7.22. The van der Waals surface area contributed by atoms with Gasteiger partial charge in [-0.15, -0.1) is 0 Å². The lowest BCUT2D eigenvalue weighted by molar-refractivity contribution is 0.355. The fourth-order valence-corrected chi connectivity index (χ4v) is 3.71. The zero-order valence-corrected chi connectivity index (χ0v) is 17.6. The van der Waals surface area contributed by atoms with Crippen LogP contribution in [0.25, 0.3) is 27.8 Å². The summed E-state index contributed by atoms with van der Waals surface area (Å²) in [5.74, 6) is 1.18. The Labute approximate surface area is 173 Å². The Morgan fingerprint density at radius 1 is 0.833 bits per heavy atom. The molecule has 0 aliphatic rings. The van der Waals surface area contributed by atoms with Crippen molar-refractivity contribution in [1.82, 2.24) is 13.7 Å². The van der Waals surface area contributed by atoms with Crippen molar-refractivity contribution >= 4 is 10.9 Å². The van der Waals surface area contributed by atoms with Crippen LogP contribution in [0.4, 0.5) is 0 Å². The summed E-state index contributed by atoms with van der Waals surface area (Å²) in [6.07, 6.45) is 1.81. The molecule has 4 rings (SSSR count). The number of benzene rings is 2. The molecular formula is C23H23N3O4. The van der Waals surface area contributed by atoms with Crippen molar-refractivity contribution in [2.45, 2.75) is 6.92 Å². The number of fused-ring (bicyclic) bond motifs is 1. The number of aromatic nitrogens is 3. The van der Waals surface area contributed by atoms with E-state index in [0.29, 0.717) is 28.1 Å². The van der Waals surface area contributed by atoms with Gasteiger partial charge in [-0.05, 0) is 24.6 Å². The number of methoxy groups -OCH3 is 2. The summed E-state index contributed by atoms with van der Waals surface area (Å²) in [5.41, 5.74) is 3.36. The molecule has 0 unspecified atom stereocenters. The first-order valence-electron chi connectivity index (χ1n) is 9.48. The highest BCUT2D eigenvalue weighted by atomic mass is 16.5. The number of rotatable bonds is 4. The van der Waals surface area contributed by atoms with Gasteiger partial charge in [0.15, 0.2) is 11.5 Å². The van der Waals surface area contributed by atoms with Crippen molar-refractivity contribution < 1.29 is 9.47 Å². The van der Waals surface area contributed by atoms with E-state index in [2.05, 4.69) is 0 Å². The van der Waals surface area contributed by atoms with Crippen molar-refractivity contribution in [3.63, 3.8) is 0 Å². The SMILES string of the molecule is COc1ccc(-n2cc3c(c2-c2ccc(C)cc2)c(=O)n(C)c(=O)n3C)cc1OC. The standard InChI is InChI=1S/C23H23N3O4/c1-14-6-8-15(9-7-14)21-20-17(24(2)23(28)25(3)22(20)27)13-26(21)16-10-11-18(29-4)19(12-16)30-5/h6-13H,1-5H3. The molecule has 30 heavy (non-hydrogen) atoms. The minimum Gasteiger partial charge on any atom is -0.493 e. The highest BCUT2D eigenvalue weighted by Gasteiger charge is 2.20. The molecule has 2 aromatic carbocycles. The van der Waals surface area contributed by atoms with Gasteiger partial charge in [0.2, 0.25) is 0 Å². The summed E-state index contributed by atoms with van der Waals surface area (Å²) in [6, 6.07) is 13.5. The van der Waals surface area contributed by atoms with Crippen LogP contribution in [0.3, 0.4) is 0 Å². The van der Waals surface area contributed by atoms with Crippen LogP contribution in [0, 0.1) is 6.92 Å². The van der Waals surface area contributed by atoms with Crippen LogP contribution in [-0.2, 0) is 14.1 Å². The second-order valence-corrected chi connectivity index (χ2v) is 7.22. The summed E-state index contributed by atoms with van der Waals surface area (Å²) in [5, 5.41) is 0.484. The van der Waals surface area contributed by atoms with E-state index >= 15 is 0 Å². The maximum atomic E-state index is 13.1. The van der Waals surface area contributed by atoms with Crippen molar-refractivity contribution in [2.75, 3.05) is 14.2 Å². The molecule has 7 nitrogen and oxygen atoms in total. The lowest BCUT2D eigenvalue weighted by Gasteiger charge is -2.13. The highest BCUT2D eigenvalue weighted by Crippen LogP contribution is 2.34. The summed E-state index contributed by atoms with van der Waals surface area (Å²) in [4.78, 5) is 25.6. The predicted molar refractivity (Wildman–Crippen MR) is 117 cm³/mol. The lowest BCUT2D eigenvalue weighted by atomic mass is 10.1. The third-order valence-corrected chi connectivity index (χ3v) is 5.41. The predicted octanol–water partition coefficient (Wildman–Crippen LogP) is 3.02. The molecule has 0 N–H and O–H groups in total. The van der Waals surface area contributed by atoms with Gasteiger partial charge in [-0.1, -0.05) is 29.8 Å². The minimum absolute atomic E-state index is 0.331. The normalized spacial score (nSPS) is 11.1. The molecule has 0 atom stereocenters. The van der Waals surface area contributed by atoms with E-state index in [-0.39, 0.29) is 11.2 Å². The number of nitrogens with zero attached hydrogens (tertiary/aromatic N) is 3. The monoisotopic (exact) mass is 405 g/mol. The average Bonchev–Trinajstić information content (AvgIpc) is 3.17. The maximum Gasteiger partial charge on any atom is 0.330 e. The van der Waals surface area contributed by atoms with E-state index < -0.39 is 0 Å². The molecule has 0 aliphatic heterocycles. The third-order valence-electron chi connectivity index (χ3n) is 5.41. The van der Waals surface area contributed by atoms with Gasteiger partial charge in [-0.2, -0.15) is 0 Å². The Morgan fingerprint density at radius 3 is 2.13 bits per heavy atom. The molecular weight excluding hydrogens is 382 g/mol. The van der Waals surface area contributed by atoms with Gasteiger partial charge in [0.05, 0.1) is 30.8 Å². The lowest BCUT2D eigenvalue weighted by Crippen LogP contribution is -2.36. The largest absolute Gasteiger partial charge is 0.493 e. The summed E-state index contributed by atoms with van der Waals surface area (Å²) >= 11 is 0. The molecule has 2 aromatic heterocycles. The summed E-state index contributed by atoms with van der Waals surface area (Å²) < 4.78 is 15.4. The molecule has 7 heteroatoms. The highest BCUT2D eigenvalue weighted by molar-refractivity contribution is 5.94. The Kier molecular flexibility index (Phi) is 4.73. The van der Waals surface area contributed by atoms with E-state index in [9.17, 15) is 9.59 Å². The molecule has 2 heterocycles. The first-order chi connectivity index (χ1) is 14.4. The molecule has 154 valence electrons. The van der Waals surface area contributed by atoms with Crippen LogP contribution in [0.2, 0.25) is 0 Å². The fourth-order valence-electron chi connectivity index (χ4n) is 3.71. The zero-order chi connectivity index (χ0) is 21.6. The van der Waals surface area contributed by atoms with Gasteiger partial charge in [0.25, 0.3) is 5.56 Å². The third kappa shape index (κ3) is 2.90. The van der Waals surface area contributed by atoms with Crippen LogP contribution < -0.4 is 20.7 Å². The molecule has 0 bridgehead atoms. The van der Waals surface area contributed by atoms with Crippen LogP contribution in [0.15, 0.2) is 58.3 Å². The van der Waals surface area contributed by atoms with Gasteiger partial charge in [0.1, 0.15) is 0 Å². The first-order valence-corrected chi connectivity index (χ1v) is 9.48. The Morgan fingerprint density at radius 2 is 1.50 bits per heavy atom. The summed E-state index contributed by atoms with van der Waals surface area (Å²) in [7, 11) is 6.32. The van der Waals surface area contributed by atoms with Gasteiger partial charge in [-0.25, -0.2) is 4.79 Å². The van der Waals surface area contributed by atoms with Crippen molar-refractivity contribution in [3.8, 4) is 28.4 Å². The molecule has 0 saturated carbocycles. The number of ether oxygens (including phenoxy) is 2. The fraction of sp³-hybridized carbons (Fsp3) is 0.217. The van der Waals surface area contributed by atoms with E-state index in [4.69, 9.17) is 9.47 Å². The van der Waals surface area contributed by atoms with Gasteiger partial charge in [0, 0.05) is 32.0 Å². The van der Waals surface area contributed by atoms with Crippen molar-refractivity contribution in [2.24, 2.45) is 14.1 Å². The van der Waals surface area contributed by atoms with E-state index in [1.54, 1.807) is 21.3 Å². The van der Waals surface area contributed by atoms with E-state index in [1.165, 1.54) is 11.6 Å². The quantitative estimate of drug-likeness (QED) is 0.523. The Bertz CT molecular complexity index is 1380. The minimum atomic E-state index is -0.368. The summed E-state index contributed by atoms with van der Waals surface area (Å²) in [6.45, 7) is 2.01. The van der Waals surface area contributed by atoms with Crippen LogP contribution >= 0.6 is 0 Å². The van der Waals surface area contributed by atoms with E-state index in [1.807, 2.05) is 60.2 Å². The van der Waals surface area contributed by atoms with Crippen molar-refractivity contribution in [1.29, 1.82) is 0 Å². The van der Waals surface area contributed by atoms with Crippen molar-refractivity contribution in [3.05, 3.63) is 75.1 Å². The zero-order valence-electron chi connectivity index (χ0n) is 17.6. The number of hydrogen-bond donors (Lipinski definition) is 0. The van der Waals surface area contributed by atoms with Gasteiger partial charge in [-0.3, -0.25) is 13.9 Å². The van der Waals surface area contributed by atoms with Gasteiger partial charge < -0.3 is 14.0 Å². The van der Waals surface area contributed by atoms with E-state index in [0.717, 1.165) is 21.4 Å². The maximum absolute atomic E-state index is 13.1. The van der Waals surface area contributed by atoms with Crippen LogP contribution in [0.1, 0.15) is 5.56 Å². The van der Waals surface area contributed by atoms with Crippen LogP contribution in [-0.4, -0.2) is 27.9 Å². The average molecular weight is 405 g/mol. The molecule has 0 fully saturated rings. The first kappa shape index (κ1) is 19.6. The molecule has 0 saturated heterocycles. The Hall–Kier alpha value is -3.74. The smallest absolute Gasteiger partial charge is 0.330 e. The van der Waals surface area contributed by atoms with Crippen LogP contribution in [0.5, 0.6) is 11.5 Å². The molecule has 0 aliphatic carbocycles. The molecule has 4 aromatic rings. The molecule has 0 amide bonds. The second kappa shape index (κ2) is 7.26.